The lowest BCUT2D eigenvalue weighted by atomic mass is 10.3. The second kappa shape index (κ2) is 8.69. The Morgan fingerprint density at radius 1 is 1.28 bits per heavy atom. The maximum atomic E-state index is 5.72. The maximum absolute atomic E-state index is 5.72. The van der Waals surface area contributed by atoms with Gasteiger partial charge in [-0.2, -0.15) is 0 Å². The fraction of sp³-hybridized carbons (Fsp3) is 0.462. The lowest BCUT2D eigenvalue weighted by Crippen LogP contribution is -2.11. The zero-order chi connectivity index (χ0) is 13.2. The van der Waals surface area contributed by atoms with Crippen LogP contribution >= 0.6 is 11.8 Å². The molecule has 5 heteroatoms. The van der Waals surface area contributed by atoms with Crippen molar-refractivity contribution in [3.63, 3.8) is 0 Å². The van der Waals surface area contributed by atoms with Crippen LogP contribution in [0.3, 0.4) is 0 Å². The Morgan fingerprint density at radius 3 is 2.56 bits per heavy atom. The van der Waals surface area contributed by atoms with Gasteiger partial charge >= 0.3 is 0 Å². The van der Waals surface area contributed by atoms with Gasteiger partial charge in [0.1, 0.15) is 11.5 Å². The molecule has 0 aliphatic carbocycles. The number of nitrogens with two attached hydrogens (primary N) is 1. The number of hydrogen-bond acceptors (Lipinski definition) is 4. The van der Waals surface area contributed by atoms with Gasteiger partial charge < -0.3 is 15.2 Å². The Morgan fingerprint density at radius 2 is 1.94 bits per heavy atom. The summed E-state index contributed by atoms with van der Waals surface area (Å²) in [6, 6.07) is 7.52. The lowest BCUT2D eigenvalue weighted by Gasteiger charge is -2.06. The van der Waals surface area contributed by atoms with E-state index < -0.39 is 0 Å². The zero-order valence-corrected chi connectivity index (χ0v) is 11.7. The van der Waals surface area contributed by atoms with E-state index in [0.717, 1.165) is 30.2 Å². The third-order valence-corrected chi connectivity index (χ3v) is 2.95. The van der Waals surface area contributed by atoms with Gasteiger partial charge in [-0.3, -0.25) is 4.99 Å². The van der Waals surface area contributed by atoms with Gasteiger partial charge in [-0.25, -0.2) is 0 Å². The van der Waals surface area contributed by atoms with Crippen LogP contribution in [0.25, 0.3) is 0 Å². The van der Waals surface area contributed by atoms with Crippen molar-refractivity contribution in [3.8, 4) is 11.5 Å². The first-order chi connectivity index (χ1) is 8.76. The number of benzene rings is 1. The average Bonchev–Trinajstić information content (AvgIpc) is 2.42. The fourth-order valence-electron chi connectivity index (χ4n) is 1.25. The number of thioether (sulfide) groups is 1. The summed E-state index contributed by atoms with van der Waals surface area (Å²) < 4.78 is 10.6. The minimum atomic E-state index is 0.610. The predicted molar refractivity (Wildman–Crippen MR) is 77.7 cm³/mol. The van der Waals surface area contributed by atoms with E-state index in [4.69, 9.17) is 15.2 Å². The highest BCUT2D eigenvalue weighted by Crippen LogP contribution is 2.17. The molecule has 2 N–H and O–H groups in total. The van der Waals surface area contributed by atoms with Gasteiger partial charge in [0.2, 0.25) is 0 Å². The summed E-state index contributed by atoms with van der Waals surface area (Å²) in [5, 5.41) is 0.634. The number of ether oxygens (including phenoxy) is 2. The maximum Gasteiger partial charge on any atom is 0.154 e. The Kier molecular flexibility index (Phi) is 7.10. The number of rotatable bonds is 7. The molecule has 1 rings (SSSR count). The van der Waals surface area contributed by atoms with E-state index in [2.05, 4.69) is 11.9 Å². The second-order valence-corrected chi connectivity index (χ2v) is 4.71. The molecule has 1 aromatic carbocycles. The van der Waals surface area contributed by atoms with Gasteiger partial charge in [0, 0.05) is 12.3 Å². The minimum Gasteiger partial charge on any atom is -0.497 e. The third-order valence-electron chi connectivity index (χ3n) is 2.15. The third kappa shape index (κ3) is 5.82. The molecule has 0 unspecified atom stereocenters. The smallest absolute Gasteiger partial charge is 0.154 e. The van der Waals surface area contributed by atoms with E-state index in [1.807, 2.05) is 24.3 Å². The SMILES string of the molecule is CCCN=C(N)SCCOc1ccc(OC)cc1. The first-order valence-electron chi connectivity index (χ1n) is 5.95. The van der Waals surface area contributed by atoms with Gasteiger partial charge in [-0.1, -0.05) is 18.7 Å². The van der Waals surface area contributed by atoms with E-state index in [-0.39, 0.29) is 0 Å². The van der Waals surface area contributed by atoms with Crippen molar-refractivity contribution in [1.29, 1.82) is 0 Å². The van der Waals surface area contributed by atoms with Crippen LogP contribution in [0.1, 0.15) is 13.3 Å². The highest BCUT2D eigenvalue weighted by molar-refractivity contribution is 8.13. The highest BCUT2D eigenvalue weighted by Gasteiger charge is 1.97. The molecule has 0 saturated heterocycles. The van der Waals surface area contributed by atoms with Crippen LogP contribution in [0.2, 0.25) is 0 Å². The summed E-state index contributed by atoms with van der Waals surface area (Å²) in [5.74, 6) is 2.46. The Bertz CT molecular complexity index is 366. The Hall–Kier alpha value is -1.36. The molecule has 18 heavy (non-hydrogen) atoms. The van der Waals surface area contributed by atoms with Gasteiger partial charge in [0.25, 0.3) is 0 Å². The number of hydrogen-bond donors (Lipinski definition) is 1. The monoisotopic (exact) mass is 268 g/mol. The quantitative estimate of drug-likeness (QED) is 0.469. The van der Waals surface area contributed by atoms with Crippen LogP contribution in [0.5, 0.6) is 11.5 Å². The molecule has 0 aliphatic rings. The van der Waals surface area contributed by atoms with Gasteiger partial charge in [-0.15, -0.1) is 0 Å². The minimum absolute atomic E-state index is 0.610. The van der Waals surface area contributed by atoms with Crippen molar-refractivity contribution in [3.05, 3.63) is 24.3 Å². The lowest BCUT2D eigenvalue weighted by molar-refractivity contribution is 0.343. The molecule has 0 radical (unpaired) electrons. The van der Waals surface area contributed by atoms with Crippen LogP contribution < -0.4 is 15.2 Å². The normalized spacial score (nSPS) is 11.3. The molecule has 0 aromatic heterocycles. The number of amidine groups is 1. The standard InChI is InChI=1S/C13H20N2O2S/c1-3-8-15-13(14)18-10-9-17-12-6-4-11(16-2)5-7-12/h4-7H,3,8-10H2,1-2H3,(H2,14,15). The summed E-state index contributed by atoms with van der Waals surface area (Å²) in [6.45, 7) is 3.48. The molecule has 0 spiro atoms. The van der Waals surface area contributed by atoms with Crippen molar-refractivity contribution < 1.29 is 9.47 Å². The predicted octanol–water partition coefficient (Wildman–Crippen LogP) is 2.53. The van der Waals surface area contributed by atoms with Gasteiger partial charge in [-0.05, 0) is 30.7 Å². The van der Waals surface area contributed by atoms with Crippen LogP contribution in [-0.4, -0.2) is 31.2 Å². The number of aliphatic imine (C=N–C) groups is 1. The molecule has 0 atom stereocenters. The molecule has 1 aromatic rings. The first-order valence-corrected chi connectivity index (χ1v) is 6.94. The van der Waals surface area contributed by atoms with Crippen molar-refractivity contribution in [2.75, 3.05) is 26.0 Å². The van der Waals surface area contributed by atoms with Crippen molar-refractivity contribution >= 4 is 16.9 Å². The van der Waals surface area contributed by atoms with Gasteiger partial charge in [0.15, 0.2) is 5.17 Å². The zero-order valence-electron chi connectivity index (χ0n) is 10.9. The number of methoxy groups -OCH3 is 1. The summed E-state index contributed by atoms with van der Waals surface area (Å²) >= 11 is 1.52. The Balaban J connectivity index is 2.21. The Labute approximate surface area is 113 Å². The summed E-state index contributed by atoms with van der Waals surface area (Å²) in [5.41, 5.74) is 5.72. The number of nitrogens with zero attached hydrogens (tertiary/aromatic N) is 1. The molecule has 0 aliphatic heterocycles. The van der Waals surface area contributed by atoms with E-state index in [1.165, 1.54) is 11.8 Å². The average molecular weight is 268 g/mol. The van der Waals surface area contributed by atoms with Crippen molar-refractivity contribution in [1.82, 2.24) is 0 Å². The first kappa shape index (κ1) is 14.7. The van der Waals surface area contributed by atoms with E-state index >= 15 is 0 Å². The van der Waals surface area contributed by atoms with E-state index in [0.29, 0.717) is 11.8 Å². The second-order valence-electron chi connectivity index (χ2n) is 3.59. The fourth-order valence-corrected chi connectivity index (χ4v) is 1.80. The van der Waals surface area contributed by atoms with Crippen LogP contribution in [0, 0.1) is 0 Å². The molecule has 0 saturated carbocycles. The molecular weight excluding hydrogens is 248 g/mol. The summed E-state index contributed by atoms with van der Waals surface area (Å²) in [6.07, 6.45) is 1.02. The van der Waals surface area contributed by atoms with Crippen LogP contribution in [-0.2, 0) is 0 Å². The largest absolute Gasteiger partial charge is 0.497 e. The van der Waals surface area contributed by atoms with Crippen molar-refractivity contribution in [2.24, 2.45) is 10.7 Å². The molecule has 0 bridgehead atoms. The molecule has 4 nitrogen and oxygen atoms in total. The van der Waals surface area contributed by atoms with E-state index in [1.54, 1.807) is 7.11 Å². The summed E-state index contributed by atoms with van der Waals surface area (Å²) in [4.78, 5) is 4.20. The van der Waals surface area contributed by atoms with Crippen LogP contribution in [0.15, 0.2) is 29.3 Å². The van der Waals surface area contributed by atoms with Gasteiger partial charge in [0.05, 0.1) is 13.7 Å². The molecule has 0 amide bonds. The molecular formula is C13H20N2O2S. The summed E-state index contributed by atoms with van der Waals surface area (Å²) in [7, 11) is 1.64. The topological polar surface area (TPSA) is 56.8 Å². The van der Waals surface area contributed by atoms with Crippen molar-refractivity contribution in [2.45, 2.75) is 13.3 Å². The molecule has 0 heterocycles. The molecule has 0 fully saturated rings. The van der Waals surface area contributed by atoms with Crippen LogP contribution in [0.4, 0.5) is 0 Å². The molecule has 100 valence electrons. The van der Waals surface area contributed by atoms with E-state index in [9.17, 15) is 0 Å². The highest BCUT2D eigenvalue weighted by atomic mass is 32.2.